The fourth-order valence-electron chi connectivity index (χ4n) is 2.61. The van der Waals surface area contributed by atoms with Crippen LogP contribution < -0.4 is 4.90 Å². The van der Waals surface area contributed by atoms with E-state index in [-0.39, 0.29) is 5.69 Å². The van der Waals surface area contributed by atoms with E-state index in [9.17, 15) is 15.4 Å². The second kappa shape index (κ2) is 5.78. The zero-order chi connectivity index (χ0) is 16.4. The molecular weight excluding hydrogens is 290 g/mol. The highest BCUT2D eigenvalue weighted by Crippen LogP contribution is 2.36. The molecule has 0 atom stereocenters. The predicted octanol–water partition coefficient (Wildman–Crippen LogP) is 3.99. The van der Waals surface area contributed by atoms with E-state index in [0.717, 1.165) is 16.8 Å². The van der Waals surface area contributed by atoms with Crippen LogP contribution in [0.4, 0.5) is 11.4 Å². The van der Waals surface area contributed by atoms with Gasteiger partial charge in [0.25, 0.3) is 5.69 Å². The van der Waals surface area contributed by atoms with Gasteiger partial charge in [0, 0.05) is 42.2 Å². The molecule has 0 fully saturated rings. The summed E-state index contributed by atoms with van der Waals surface area (Å²) < 4.78 is 0. The van der Waals surface area contributed by atoms with Crippen LogP contribution in [0.15, 0.2) is 60.8 Å². The zero-order valence-electron chi connectivity index (χ0n) is 12.4. The van der Waals surface area contributed by atoms with Crippen LogP contribution in [0.25, 0.3) is 11.1 Å². The molecule has 0 unspecified atom stereocenters. The van der Waals surface area contributed by atoms with Gasteiger partial charge in [0.05, 0.1) is 10.5 Å². The highest BCUT2D eigenvalue weighted by atomic mass is 16.6. The van der Waals surface area contributed by atoms with E-state index in [1.807, 2.05) is 48.5 Å². The number of para-hydroxylation sites is 1. The standard InChI is InChI=1S/C18H13N3O2/c1-20-11-10-15(16-4-2-3-5-18(16)20)17(12-19)13-6-8-14(9-7-13)21(22)23/h2-11H,1H3/b17-15+. The van der Waals surface area contributed by atoms with Gasteiger partial charge in [-0.25, -0.2) is 0 Å². The largest absolute Gasteiger partial charge is 0.351 e. The fourth-order valence-corrected chi connectivity index (χ4v) is 2.61. The molecule has 0 bridgehead atoms. The minimum Gasteiger partial charge on any atom is -0.351 e. The summed E-state index contributed by atoms with van der Waals surface area (Å²) in [5.74, 6) is 0. The van der Waals surface area contributed by atoms with Crippen LogP contribution in [0.3, 0.4) is 0 Å². The van der Waals surface area contributed by atoms with Gasteiger partial charge in [-0.2, -0.15) is 5.26 Å². The van der Waals surface area contributed by atoms with E-state index in [0.29, 0.717) is 11.1 Å². The molecule has 3 rings (SSSR count). The Hall–Kier alpha value is -3.39. The minimum atomic E-state index is -0.451. The summed E-state index contributed by atoms with van der Waals surface area (Å²) in [4.78, 5) is 12.3. The molecule has 1 heterocycles. The summed E-state index contributed by atoms with van der Waals surface area (Å²) in [6.45, 7) is 0. The first-order valence-corrected chi connectivity index (χ1v) is 7.01. The van der Waals surface area contributed by atoms with Crippen molar-refractivity contribution in [2.45, 2.75) is 0 Å². The Morgan fingerprint density at radius 3 is 2.52 bits per heavy atom. The van der Waals surface area contributed by atoms with Crippen LogP contribution in [0.2, 0.25) is 0 Å². The first-order chi connectivity index (χ1) is 11.1. The molecular formula is C18H13N3O2. The van der Waals surface area contributed by atoms with Crippen LogP contribution >= 0.6 is 0 Å². The van der Waals surface area contributed by atoms with Crippen molar-refractivity contribution in [2.75, 3.05) is 11.9 Å². The number of hydrogen-bond acceptors (Lipinski definition) is 4. The average Bonchev–Trinajstić information content (AvgIpc) is 2.58. The summed E-state index contributed by atoms with van der Waals surface area (Å²) in [5, 5.41) is 20.4. The molecule has 1 aliphatic heterocycles. The second-order valence-corrected chi connectivity index (χ2v) is 5.15. The first kappa shape index (κ1) is 14.5. The fraction of sp³-hybridized carbons (Fsp3) is 0.0556. The number of fused-ring (bicyclic) bond motifs is 1. The van der Waals surface area contributed by atoms with Crippen molar-refractivity contribution in [2.24, 2.45) is 0 Å². The van der Waals surface area contributed by atoms with Gasteiger partial charge in [-0.05, 0) is 29.8 Å². The molecule has 2 aromatic carbocycles. The van der Waals surface area contributed by atoms with Crippen LogP contribution in [-0.2, 0) is 0 Å². The molecule has 0 saturated heterocycles. The van der Waals surface area contributed by atoms with E-state index in [4.69, 9.17) is 0 Å². The van der Waals surface area contributed by atoms with E-state index in [2.05, 4.69) is 6.07 Å². The number of anilines is 1. The van der Waals surface area contributed by atoms with Gasteiger partial charge in [-0.15, -0.1) is 0 Å². The van der Waals surface area contributed by atoms with E-state index >= 15 is 0 Å². The Bertz CT molecular complexity index is 874. The van der Waals surface area contributed by atoms with Gasteiger partial charge in [0.15, 0.2) is 0 Å². The smallest absolute Gasteiger partial charge is 0.269 e. The summed E-state index contributed by atoms with van der Waals surface area (Å²) in [7, 11) is 1.95. The molecule has 1 aliphatic rings. The number of nitriles is 1. The first-order valence-electron chi connectivity index (χ1n) is 7.01. The predicted molar refractivity (Wildman–Crippen MR) is 89.5 cm³/mol. The maximum absolute atomic E-state index is 10.8. The summed E-state index contributed by atoms with van der Waals surface area (Å²) in [6, 6.07) is 16.1. The highest BCUT2D eigenvalue weighted by Gasteiger charge is 2.18. The number of nitro benzene ring substituents is 1. The maximum atomic E-state index is 10.8. The van der Waals surface area contributed by atoms with Crippen molar-refractivity contribution in [1.82, 2.24) is 0 Å². The molecule has 112 valence electrons. The van der Waals surface area contributed by atoms with Gasteiger partial charge in [0.1, 0.15) is 6.07 Å². The number of nitro groups is 1. The van der Waals surface area contributed by atoms with Crippen LogP contribution in [0.1, 0.15) is 11.1 Å². The number of nitrogens with zero attached hydrogens (tertiary/aromatic N) is 3. The number of hydrogen-bond donors (Lipinski definition) is 0. The lowest BCUT2D eigenvalue weighted by molar-refractivity contribution is -0.384. The normalized spacial score (nSPS) is 14.9. The lowest BCUT2D eigenvalue weighted by Crippen LogP contribution is -2.13. The second-order valence-electron chi connectivity index (χ2n) is 5.15. The molecule has 0 N–H and O–H groups in total. The molecule has 0 aliphatic carbocycles. The van der Waals surface area contributed by atoms with Crippen LogP contribution in [-0.4, -0.2) is 12.0 Å². The molecule has 5 heteroatoms. The molecule has 23 heavy (non-hydrogen) atoms. The number of non-ortho nitro benzene ring substituents is 1. The third kappa shape index (κ3) is 2.58. The van der Waals surface area contributed by atoms with Crippen LogP contribution in [0, 0.1) is 21.4 Å². The van der Waals surface area contributed by atoms with Gasteiger partial charge in [0.2, 0.25) is 0 Å². The van der Waals surface area contributed by atoms with Gasteiger partial charge >= 0.3 is 0 Å². The molecule has 0 radical (unpaired) electrons. The van der Waals surface area contributed by atoms with E-state index in [1.54, 1.807) is 12.1 Å². The Labute approximate surface area is 133 Å². The highest BCUT2D eigenvalue weighted by molar-refractivity contribution is 6.04. The Kier molecular flexibility index (Phi) is 3.65. The lowest BCUT2D eigenvalue weighted by Gasteiger charge is -2.24. The topological polar surface area (TPSA) is 70.2 Å². The molecule has 0 spiro atoms. The molecule has 0 saturated carbocycles. The Balaban J connectivity index is 2.16. The van der Waals surface area contributed by atoms with Gasteiger partial charge < -0.3 is 4.90 Å². The van der Waals surface area contributed by atoms with E-state index < -0.39 is 4.92 Å². The van der Waals surface area contributed by atoms with E-state index in [1.165, 1.54) is 12.1 Å². The summed E-state index contributed by atoms with van der Waals surface area (Å²) in [6.07, 6.45) is 3.79. The monoisotopic (exact) mass is 303 g/mol. The average molecular weight is 303 g/mol. The number of allylic oxidation sites excluding steroid dienone is 3. The molecule has 0 amide bonds. The number of rotatable bonds is 2. The SMILES string of the molecule is CN1C=C/C(=C(/C#N)c2ccc([N+](=O)[O-])cc2)c2ccccc21. The third-order valence-electron chi connectivity index (χ3n) is 3.79. The zero-order valence-corrected chi connectivity index (χ0v) is 12.4. The van der Waals surface area contributed by atoms with Crippen molar-refractivity contribution < 1.29 is 4.92 Å². The van der Waals surface area contributed by atoms with Gasteiger partial charge in [-0.1, -0.05) is 18.2 Å². The number of benzene rings is 2. The molecule has 0 aromatic heterocycles. The Morgan fingerprint density at radius 1 is 1.17 bits per heavy atom. The quantitative estimate of drug-likeness (QED) is 0.478. The maximum Gasteiger partial charge on any atom is 0.269 e. The van der Waals surface area contributed by atoms with Gasteiger partial charge in [-0.3, -0.25) is 10.1 Å². The summed E-state index contributed by atoms with van der Waals surface area (Å²) in [5.41, 5.74) is 3.96. The van der Waals surface area contributed by atoms with Crippen molar-refractivity contribution >= 4 is 22.5 Å². The summed E-state index contributed by atoms with van der Waals surface area (Å²) >= 11 is 0. The molecule has 2 aromatic rings. The van der Waals surface area contributed by atoms with Crippen LogP contribution in [0.5, 0.6) is 0 Å². The van der Waals surface area contributed by atoms with Crippen molar-refractivity contribution in [3.8, 4) is 6.07 Å². The van der Waals surface area contributed by atoms with Crippen molar-refractivity contribution in [3.63, 3.8) is 0 Å². The van der Waals surface area contributed by atoms with Crippen molar-refractivity contribution in [1.29, 1.82) is 5.26 Å². The van der Waals surface area contributed by atoms with Crippen molar-refractivity contribution in [3.05, 3.63) is 82.0 Å². The lowest BCUT2D eigenvalue weighted by atomic mass is 9.92. The Morgan fingerprint density at radius 2 is 1.87 bits per heavy atom. The third-order valence-corrected chi connectivity index (χ3v) is 3.79. The molecule has 5 nitrogen and oxygen atoms in total. The minimum absolute atomic E-state index is 0.00959.